The number of nitrogens with zero attached hydrogens (tertiary/aromatic N) is 3. The number of carbonyl (C=O) groups excluding carboxylic acids is 2. The van der Waals surface area contributed by atoms with Crippen molar-refractivity contribution in [2.24, 2.45) is 0 Å². The lowest BCUT2D eigenvalue weighted by Crippen LogP contribution is -2.55. The number of rotatable bonds is 12. The molecule has 0 aromatic heterocycles. The van der Waals surface area contributed by atoms with Crippen LogP contribution in [0.3, 0.4) is 0 Å². The molecular weight excluding hydrogens is 519 g/mol. The summed E-state index contributed by atoms with van der Waals surface area (Å²) in [5.41, 5.74) is 1.33. The lowest BCUT2D eigenvalue weighted by molar-refractivity contribution is -0.140. The number of hydrogen-bond donors (Lipinski definition) is 1. The van der Waals surface area contributed by atoms with Crippen molar-refractivity contribution in [3.8, 4) is 0 Å². The van der Waals surface area contributed by atoms with E-state index in [0.29, 0.717) is 0 Å². The van der Waals surface area contributed by atoms with E-state index in [1.165, 1.54) is 37.2 Å². The second kappa shape index (κ2) is 13.3. The van der Waals surface area contributed by atoms with Gasteiger partial charge in [-0.15, -0.1) is 0 Å². The Labute approximate surface area is 230 Å². The maximum Gasteiger partial charge on any atom is 0.304 e. The summed E-state index contributed by atoms with van der Waals surface area (Å²) in [5, 5.41) is 2.89. The standard InChI is InChI=1S/C29H35FN4O4S/c1-22(2)31-29(36)27(19-23-13-7-5-8-14-23)33(20-24-15-9-6-10-16-24)28(35)21-34(39(37,38)32(3)4)26-18-12-11-17-25(26)30/h5-18,22,27H,19-21H2,1-4H3,(H,31,36). The van der Waals surface area contributed by atoms with Crippen LogP contribution in [0.1, 0.15) is 25.0 Å². The number of halogens is 1. The van der Waals surface area contributed by atoms with Crippen molar-refractivity contribution in [1.82, 2.24) is 14.5 Å². The summed E-state index contributed by atoms with van der Waals surface area (Å²) in [4.78, 5) is 28.9. The Kier molecular flexibility index (Phi) is 10.2. The molecular formula is C29H35FN4O4S. The second-order valence-corrected chi connectivity index (χ2v) is 11.7. The van der Waals surface area contributed by atoms with E-state index in [0.717, 1.165) is 25.8 Å². The molecule has 1 unspecified atom stereocenters. The Morgan fingerprint density at radius 2 is 1.38 bits per heavy atom. The van der Waals surface area contributed by atoms with Crippen molar-refractivity contribution in [2.75, 3.05) is 24.9 Å². The maximum absolute atomic E-state index is 14.8. The van der Waals surface area contributed by atoms with Crippen LogP contribution in [0.15, 0.2) is 84.9 Å². The molecule has 8 nitrogen and oxygen atoms in total. The molecule has 0 saturated heterocycles. The molecule has 0 aliphatic rings. The molecule has 1 N–H and O–H groups in total. The summed E-state index contributed by atoms with van der Waals surface area (Å²) in [6.07, 6.45) is 0.206. The number of nitrogens with one attached hydrogen (secondary N) is 1. The second-order valence-electron chi connectivity index (χ2n) is 9.62. The molecule has 3 aromatic rings. The van der Waals surface area contributed by atoms with Gasteiger partial charge in [0, 0.05) is 33.1 Å². The zero-order valence-electron chi connectivity index (χ0n) is 22.6. The Hall–Kier alpha value is -3.76. The zero-order valence-corrected chi connectivity index (χ0v) is 23.4. The third-order valence-electron chi connectivity index (χ3n) is 6.04. The predicted octanol–water partition coefficient (Wildman–Crippen LogP) is 3.60. The molecule has 1 atom stereocenters. The topological polar surface area (TPSA) is 90.0 Å². The van der Waals surface area contributed by atoms with Crippen LogP contribution < -0.4 is 9.62 Å². The van der Waals surface area contributed by atoms with Gasteiger partial charge in [-0.3, -0.25) is 9.59 Å². The van der Waals surface area contributed by atoms with E-state index in [4.69, 9.17) is 0 Å². The van der Waals surface area contributed by atoms with Gasteiger partial charge in [-0.2, -0.15) is 12.7 Å². The molecule has 3 rings (SSSR count). The monoisotopic (exact) mass is 554 g/mol. The van der Waals surface area contributed by atoms with Crippen LogP contribution in [-0.4, -0.2) is 62.2 Å². The fraction of sp³-hybridized carbons (Fsp3) is 0.310. The van der Waals surface area contributed by atoms with Gasteiger partial charge in [-0.25, -0.2) is 8.70 Å². The first-order valence-corrected chi connectivity index (χ1v) is 14.0. The molecule has 0 aliphatic heterocycles. The minimum Gasteiger partial charge on any atom is -0.352 e. The van der Waals surface area contributed by atoms with E-state index in [1.807, 2.05) is 74.5 Å². The smallest absolute Gasteiger partial charge is 0.304 e. The molecule has 10 heteroatoms. The van der Waals surface area contributed by atoms with Crippen LogP contribution >= 0.6 is 0 Å². The highest BCUT2D eigenvalue weighted by atomic mass is 32.2. The summed E-state index contributed by atoms with van der Waals surface area (Å²) in [7, 11) is -1.64. The summed E-state index contributed by atoms with van der Waals surface area (Å²) in [5.74, 6) is -1.80. The van der Waals surface area contributed by atoms with Gasteiger partial charge in [-0.05, 0) is 37.1 Å². The van der Waals surface area contributed by atoms with Crippen LogP contribution in [0.5, 0.6) is 0 Å². The molecule has 0 saturated carbocycles. The van der Waals surface area contributed by atoms with Crippen LogP contribution in [0.25, 0.3) is 0 Å². The van der Waals surface area contributed by atoms with Crippen molar-refractivity contribution >= 4 is 27.7 Å². The van der Waals surface area contributed by atoms with Crippen molar-refractivity contribution < 1.29 is 22.4 Å². The van der Waals surface area contributed by atoms with E-state index in [2.05, 4.69) is 5.32 Å². The highest BCUT2D eigenvalue weighted by Gasteiger charge is 2.35. The highest BCUT2D eigenvalue weighted by molar-refractivity contribution is 7.90. The maximum atomic E-state index is 14.8. The first kappa shape index (κ1) is 29.8. The number of anilines is 1. The molecule has 208 valence electrons. The minimum absolute atomic E-state index is 0.0514. The van der Waals surface area contributed by atoms with Gasteiger partial charge in [0.25, 0.3) is 0 Å². The molecule has 2 amide bonds. The van der Waals surface area contributed by atoms with E-state index in [-0.39, 0.29) is 30.6 Å². The summed E-state index contributed by atoms with van der Waals surface area (Å²) < 4.78 is 43.0. The zero-order chi connectivity index (χ0) is 28.6. The quantitative estimate of drug-likeness (QED) is 0.371. The molecule has 0 bridgehead atoms. The Morgan fingerprint density at radius 3 is 1.92 bits per heavy atom. The van der Waals surface area contributed by atoms with Gasteiger partial charge in [0.1, 0.15) is 18.4 Å². The third kappa shape index (κ3) is 7.87. The van der Waals surface area contributed by atoms with Crippen LogP contribution in [0, 0.1) is 5.82 Å². The predicted molar refractivity (Wildman–Crippen MR) is 151 cm³/mol. The van der Waals surface area contributed by atoms with Crippen LogP contribution in [0.4, 0.5) is 10.1 Å². The van der Waals surface area contributed by atoms with Crippen LogP contribution in [0.2, 0.25) is 0 Å². The molecule has 3 aromatic carbocycles. The van der Waals surface area contributed by atoms with Gasteiger partial charge in [0.2, 0.25) is 11.8 Å². The van der Waals surface area contributed by atoms with E-state index < -0.39 is 34.5 Å². The third-order valence-corrected chi connectivity index (χ3v) is 7.84. The van der Waals surface area contributed by atoms with Gasteiger partial charge in [0.15, 0.2) is 0 Å². The summed E-state index contributed by atoms with van der Waals surface area (Å²) in [6, 6.07) is 22.6. The first-order chi connectivity index (χ1) is 18.5. The lowest BCUT2D eigenvalue weighted by Gasteiger charge is -2.34. The number of para-hydroxylation sites is 1. The summed E-state index contributed by atoms with van der Waals surface area (Å²) in [6.45, 7) is 3.00. The van der Waals surface area contributed by atoms with Crippen molar-refractivity contribution in [3.63, 3.8) is 0 Å². The van der Waals surface area contributed by atoms with E-state index >= 15 is 0 Å². The number of amides is 2. The average Bonchev–Trinajstić information content (AvgIpc) is 2.90. The van der Waals surface area contributed by atoms with Gasteiger partial charge in [-0.1, -0.05) is 72.8 Å². The molecule has 0 heterocycles. The Morgan fingerprint density at radius 1 is 0.846 bits per heavy atom. The highest BCUT2D eigenvalue weighted by Crippen LogP contribution is 2.24. The minimum atomic E-state index is -4.26. The molecule has 0 spiro atoms. The molecule has 0 fully saturated rings. The van der Waals surface area contributed by atoms with Crippen molar-refractivity contribution in [2.45, 2.75) is 38.9 Å². The van der Waals surface area contributed by atoms with Gasteiger partial charge in [0.05, 0.1) is 5.69 Å². The first-order valence-electron chi connectivity index (χ1n) is 12.6. The van der Waals surface area contributed by atoms with E-state index in [9.17, 15) is 22.4 Å². The molecule has 0 aliphatic carbocycles. The Bertz CT molecular complexity index is 1350. The lowest BCUT2D eigenvalue weighted by atomic mass is 10.0. The summed E-state index contributed by atoms with van der Waals surface area (Å²) >= 11 is 0. The van der Waals surface area contributed by atoms with Gasteiger partial charge >= 0.3 is 10.2 Å². The number of carbonyl (C=O) groups is 2. The van der Waals surface area contributed by atoms with Gasteiger partial charge < -0.3 is 10.2 Å². The Balaban J connectivity index is 2.08. The van der Waals surface area contributed by atoms with Crippen molar-refractivity contribution in [1.29, 1.82) is 0 Å². The van der Waals surface area contributed by atoms with Crippen LogP contribution in [-0.2, 0) is 32.8 Å². The SMILES string of the molecule is CC(C)NC(=O)C(Cc1ccccc1)N(Cc1ccccc1)C(=O)CN(c1ccccc1F)S(=O)(=O)N(C)C. The normalized spacial score (nSPS) is 12.3. The molecule has 39 heavy (non-hydrogen) atoms. The number of benzene rings is 3. The average molecular weight is 555 g/mol. The largest absolute Gasteiger partial charge is 0.352 e. The molecule has 0 radical (unpaired) electrons. The fourth-order valence-corrected chi connectivity index (χ4v) is 5.14. The van der Waals surface area contributed by atoms with E-state index in [1.54, 1.807) is 0 Å². The number of hydrogen-bond acceptors (Lipinski definition) is 4. The van der Waals surface area contributed by atoms with Crippen molar-refractivity contribution in [3.05, 3.63) is 102 Å². The fourth-order valence-electron chi connectivity index (χ4n) is 4.07.